The fourth-order valence-corrected chi connectivity index (χ4v) is 1.52. The van der Waals surface area contributed by atoms with E-state index in [0.29, 0.717) is 6.42 Å². The largest absolute Gasteiger partial charge is 0.507 e. The number of nitrogens with zero attached hydrogens (tertiary/aromatic N) is 1. The molecule has 1 unspecified atom stereocenters. The van der Waals surface area contributed by atoms with Crippen LogP contribution in [0.1, 0.15) is 30.6 Å². The summed E-state index contributed by atoms with van der Waals surface area (Å²) in [5.74, 6) is -1.59. The summed E-state index contributed by atoms with van der Waals surface area (Å²) in [5.41, 5.74) is 4.19. The second-order valence-corrected chi connectivity index (χ2v) is 4.30. The monoisotopic (exact) mass is 267 g/mol. The molecule has 104 valence electrons. The van der Waals surface area contributed by atoms with Crippen LogP contribution < -0.4 is 11.1 Å². The highest BCUT2D eigenvalue weighted by Crippen LogP contribution is 2.26. The number of benzene rings is 1. The van der Waals surface area contributed by atoms with Crippen LogP contribution in [0.3, 0.4) is 0 Å². The molecule has 6 N–H and O–H groups in total. The molecule has 1 atom stereocenters. The van der Waals surface area contributed by atoms with Crippen LogP contribution in [0.5, 0.6) is 11.5 Å². The number of nitrogens with one attached hydrogen (secondary N) is 1. The Hall–Kier alpha value is -2.44. The van der Waals surface area contributed by atoms with Crippen molar-refractivity contribution in [3.8, 4) is 11.5 Å². The minimum absolute atomic E-state index is 0.168. The van der Waals surface area contributed by atoms with Gasteiger partial charge in [0.1, 0.15) is 17.1 Å². The number of carbonyl (C=O) groups excluding carboxylic acids is 1. The Labute approximate surface area is 110 Å². The summed E-state index contributed by atoms with van der Waals surface area (Å²) in [6.07, 6.45) is 0.364. The van der Waals surface area contributed by atoms with Crippen molar-refractivity contribution in [3.63, 3.8) is 0 Å². The quantitative estimate of drug-likeness (QED) is 0.238. The van der Waals surface area contributed by atoms with Gasteiger partial charge in [0.25, 0.3) is 5.91 Å². The van der Waals surface area contributed by atoms with E-state index in [9.17, 15) is 15.0 Å². The third-order valence-electron chi connectivity index (χ3n) is 3.02. The molecule has 0 fully saturated rings. The number of amides is 1. The molecule has 19 heavy (non-hydrogen) atoms. The maximum absolute atomic E-state index is 12.1. The number of hydrogen-bond acceptors (Lipinski definition) is 5. The molecule has 0 heterocycles. The first kappa shape index (κ1) is 14.6. The lowest BCUT2D eigenvalue weighted by molar-refractivity contribution is 0.0919. The molecule has 1 aromatic rings. The first-order valence-electron chi connectivity index (χ1n) is 5.67. The van der Waals surface area contributed by atoms with Gasteiger partial charge in [-0.2, -0.15) is 0 Å². The molecule has 7 nitrogen and oxygen atoms in total. The van der Waals surface area contributed by atoms with Crippen molar-refractivity contribution in [2.75, 3.05) is 0 Å². The number of phenols is 2. The summed E-state index contributed by atoms with van der Waals surface area (Å²) < 4.78 is 0. The maximum atomic E-state index is 12.1. The van der Waals surface area contributed by atoms with Crippen LogP contribution in [-0.2, 0) is 0 Å². The van der Waals surface area contributed by atoms with E-state index in [4.69, 9.17) is 10.9 Å². The van der Waals surface area contributed by atoms with Crippen molar-refractivity contribution in [2.24, 2.45) is 10.9 Å². The standard InChI is InChI=1S/C12H17N3O4/c1-3-12(2,11(13)15-19)14-10(18)9-7(16)5-4-6-8(9)17/h4-6,16-17,19H,3H2,1-2H3,(H2,13,15)(H,14,18). The van der Waals surface area contributed by atoms with E-state index >= 15 is 0 Å². The molecule has 0 saturated heterocycles. The fourth-order valence-electron chi connectivity index (χ4n) is 1.52. The topological polar surface area (TPSA) is 128 Å². The van der Waals surface area contributed by atoms with Crippen LogP contribution >= 0.6 is 0 Å². The zero-order valence-electron chi connectivity index (χ0n) is 10.7. The number of aromatic hydroxyl groups is 2. The van der Waals surface area contributed by atoms with E-state index in [1.54, 1.807) is 13.8 Å². The van der Waals surface area contributed by atoms with E-state index in [2.05, 4.69) is 10.5 Å². The maximum Gasteiger partial charge on any atom is 0.259 e. The summed E-state index contributed by atoms with van der Waals surface area (Å²) in [4.78, 5) is 12.1. The predicted octanol–water partition coefficient (Wildman–Crippen LogP) is 0.743. The van der Waals surface area contributed by atoms with Gasteiger partial charge in [0, 0.05) is 0 Å². The lowest BCUT2D eigenvalue weighted by Gasteiger charge is -2.28. The summed E-state index contributed by atoms with van der Waals surface area (Å²) in [7, 11) is 0. The van der Waals surface area contributed by atoms with Crippen molar-refractivity contribution in [1.82, 2.24) is 5.32 Å². The normalized spacial score (nSPS) is 14.7. The van der Waals surface area contributed by atoms with Crippen LogP contribution in [-0.4, -0.2) is 32.7 Å². The van der Waals surface area contributed by atoms with Crippen molar-refractivity contribution in [3.05, 3.63) is 23.8 Å². The Morgan fingerprint density at radius 1 is 1.42 bits per heavy atom. The van der Waals surface area contributed by atoms with Crippen molar-refractivity contribution >= 4 is 11.7 Å². The number of carbonyl (C=O) groups is 1. The van der Waals surface area contributed by atoms with Gasteiger partial charge >= 0.3 is 0 Å². The lowest BCUT2D eigenvalue weighted by atomic mass is 9.96. The minimum atomic E-state index is -1.08. The second kappa shape index (κ2) is 5.47. The highest BCUT2D eigenvalue weighted by Gasteiger charge is 2.31. The van der Waals surface area contributed by atoms with Gasteiger partial charge in [-0.05, 0) is 25.5 Å². The Morgan fingerprint density at radius 2 is 1.95 bits per heavy atom. The van der Waals surface area contributed by atoms with E-state index in [0.717, 1.165) is 0 Å². The Kier molecular flexibility index (Phi) is 4.21. The van der Waals surface area contributed by atoms with Crippen LogP contribution in [0.15, 0.2) is 23.4 Å². The molecular weight excluding hydrogens is 250 g/mol. The molecule has 0 aliphatic heterocycles. The molecule has 0 aliphatic carbocycles. The number of amidine groups is 1. The third kappa shape index (κ3) is 2.87. The lowest BCUT2D eigenvalue weighted by Crippen LogP contribution is -2.55. The van der Waals surface area contributed by atoms with Gasteiger partial charge in [-0.3, -0.25) is 4.79 Å². The van der Waals surface area contributed by atoms with Crippen molar-refractivity contribution < 1.29 is 20.2 Å². The first-order valence-corrected chi connectivity index (χ1v) is 5.67. The number of rotatable bonds is 4. The third-order valence-corrected chi connectivity index (χ3v) is 3.02. The second-order valence-electron chi connectivity index (χ2n) is 4.30. The number of oxime groups is 1. The summed E-state index contributed by atoms with van der Waals surface area (Å²) in [5, 5.41) is 33.3. The molecule has 0 bridgehead atoms. The van der Waals surface area contributed by atoms with Crippen LogP contribution in [0, 0.1) is 0 Å². The molecule has 0 saturated carbocycles. The zero-order valence-corrected chi connectivity index (χ0v) is 10.7. The van der Waals surface area contributed by atoms with Gasteiger partial charge in [0.05, 0.1) is 5.54 Å². The molecule has 7 heteroatoms. The van der Waals surface area contributed by atoms with E-state index in [1.807, 2.05) is 0 Å². The van der Waals surface area contributed by atoms with E-state index in [1.165, 1.54) is 18.2 Å². The van der Waals surface area contributed by atoms with E-state index < -0.39 is 11.4 Å². The highest BCUT2D eigenvalue weighted by atomic mass is 16.4. The van der Waals surface area contributed by atoms with Crippen LogP contribution in [0.4, 0.5) is 0 Å². The number of hydrogen-bond donors (Lipinski definition) is 5. The van der Waals surface area contributed by atoms with Crippen molar-refractivity contribution in [2.45, 2.75) is 25.8 Å². The predicted molar refractivity (Wildman–Crippen MR) is 69.3 cm³/mol. The van der Waals surface area contributed by atoms with Crippen molar-refractivity contribution in [1.29, 1.82) is 0 Å². The van der Waals surface area contributed by atoms with Gasteiger partial charge in [-0.15, -0.1) is 0 Å². The minimum Gasteiger partial charge on any atom is -0.507 e. The molecule has 1 rings (SSSR count). The zero-order chi connectivity index (χ0) is 14.6. The Balaban J connectivity index is 3.09. The fraction of sp³-hybridized carbons (Fsp3) is 0.333. The molecule has 0 aromatic heterocycles. The van der Waals surface area contributed by atoms with Gasteiger partial charge in [-0.1, -0.05) is 18.1 Å². The van der Waals surface area contributed by atoms with Crippen LogP contribution in [0.25, 0.3) is 0 Å². The Morgan fingerprint density at radius 3 is 2.37 bits per heavy atom. The molecule has 0 radical (unpaired) electrons. The van der Waals surface area contributed by atoms with Gasteiger partial charge < -0.3 is 26.5 Å². The summed E-state index contributed by atoms with van der Waals surface area (Å²) >= 11 is 0. The van der Waals surface area contributed by atoms with E-state index in [-0.39, 0.29) is 22.9 Å². The average molecular weight is 267 g/mol. The molecule has 1 aromatic carbocycles. The SMILES string of the molecule is CCC(C)(NC(=O)c1c(O)cccc1O)/C(N)=N/O. The molecule has 1 amide bonds. The highest BCUT2D eigenvalue weighted by molar-refractivity contribution is 6.03. The summed E-state index contributed by atoms with van der Waals surface area (Å²) in [6, 6.07) is 3.97. The average Bonchev–Trinajstić information content (AvgIpc) is 2.37. The number of nitrogens with two attached hydrogens (primary N) is 1. The van der Waals surface area contributed by atoms with Gasteiger partial charge in [-0.25, -0.2) is 0 Å². The molecular formula is C12H17N3O4. The molecule has 0 aliphatic rings. The molecule has 0 spiro atoms. The smallest absolute Gasteiger partial charge is 0.259 e. The Bertz CT molecular complexity index is 495. The summed E-state index contributed by atoms with van der Waals surface area (Å²) in [6.45, 7) is 3.31. The number of phenolic OH excluding ortho intramolecular Hbond substituents is 2. The first-order chi connectivity index (χ1) is 8.85. The van der Waals surface area contributed by atoms with Gasteiger partial charge in [0.2, 0.25) is 0 Å². The van der Waals surface area contributed by atoms with Gasteiger partial charge in [0.15, 0.2) is 5.84 Å². The van der Waals surface area contributed by atoms with Crippen LogP contribution in [0.2, 0.25) is 0 Å².